The predicted molar refractivity (Wildman–Crippen MR) is 141 cm³/mol. The number of carbonyl (C=O) groups excluding carboxylic acids is 2. The van der Waals surface area contributed by atoms with Gasteiger partial charge in [-0.3, -0.25) is 9.59 Å². The molecule has 0 unspecified atom stereocenters. The van der Waals surface area contributed by atoms with Gasteiger partial charge in [-0.15, -0.1) is 0 Å². The molecule has 184 valence electrons. The van der Waals surface area contributed by atoms with E-state index in [2.05, 4.69) is 5.32 Å². The Balaban J connectivity index is 1.73. The summed E-state index contributed by atoms with van der Waals surface area (Å²) < 4.78 is 17.2. The molecule has 0 fully saturated rings. The second-order valence-corrected chi connectivity index (χ2v) is 8.29. The minimum absolute atomic E-state index is 0.241. The van der Waals surface area contributed by atoms with E-state index in [1.807, 2.05) is 51.1 Å². The van der Waals surface area contributed by atoms with E-state index in [1.165, 1.54) is 6.08 Å². The summed E-state index contributed by atoms with van der Waals surface area (Å²) in [5, 5.41) is 3.64. The molecule has 0 bridgehead atoms. The summed E-state index contributed by atoms with van der Waals surface area (Å²) in [6.45, 7) is 6.30. The number of nitrogens with two attached hydrogens (primary N) is 1. The zero-order valence-corrected chi connectivity index (χ0v) is 20.7. The molecule has 4 aromatic rings. The maximum Gasteiger partial charge on any atom is 0.250 e. The molecule has 0 spiro atoms. The third-order valence-corrected chi connectivity index (χ3v) is 5.95. The summed E-state index contributed by atoms with van der Waals surface area (Å²) in [6, 6.07) is 16.4. The van der Waals surface area contributed by atoms with Crippen molar-refractivity contribution in [3.05, 3.63) is 83.6 Å². The van der Waals surface area contributed by atoms with Gasteiger partial charge in [0.05, 0.1) is 31.2 Å². The van der Waals surface area contributed by atoms with E-state index in [9.17, 15) is 9.59 Å². The van der Waals surface area contributed by atoms with Crippen LogP contribution in [0.25, 0.3) is 27.7 Å². The summed E-state index contributed by atoms with van der Waals surface area (Å²) in [4.78, 5) is 24.5. The summed E-state index contributed by atoms with van der Waals surface area (Å²) >= 11 is 0. The Morgan fingerprint density at radius 2 is 1.81 bits per heavy atom. The van der Waals surface area contributed by atoms with Crippen LogP contribution in [0.3, 0.4) is 0 Å². The van der Waals surface area contributed by atoms with E-state index in [1.54, 1.807) is 37.6 Å². The molecule has 0 aliphatic rings. The molecular weight excluding hydrogens is 456 g/mol. The number of para-hydroxylation sites is 1. The number of amides is 2. The fourth-order valence-electron chi connectivity index (χ4n) is 4.24. The molecule has 0 saturated carbocycles. The molecule has 2 amide bonds. The molecule has 7 nitrogen and oxygen atoms in total. The third-order valence-electron chi connectivity index (χ3n) is 5.95. The van der Waals surface area contributed by atoms with Gasteiger partial charge in [-0.25, -0.2) is 0 Å². The van der Waals surface area contributed by atoms with Gasteiger partial charge in [-0.2, -0.15) is 0 Å². The van der Waals surface area contributed by atoms with Crippen molar-refractivity contribution in [2.24, 2.45) is 5.73 Å². The van der Waals surface area contributed by atoms with Crippen LogP contribution in [0.15, 0.2) is 71.4 Å². The number of nitrogens with one attached hydrogen (secondary N) is 1. The van der Waals surface area contributed by atoms with E-state index in [-0.39, 0.29) is 11.5 Å². The van der Waals surface area contributed by atoms with E-state index in [0.717, 1.165) is 33.4 Å². The van der Waals surface area contributed by atoms with E-state index in [4.69, 9.17) is 19.6 Å². The van der Waals surface area contributed by atoms with Crippen LogP contribution in [-0.4, -0.2) is 25.5 Å². The smallest absolute Gasteiger partial charge is 0.250 e. The molecule has 0 radical (unpaired) electrons. The summed E-state index contributed by atoms with van der Waals surface area (Å²) in [6.07, 6.45) is 3.20. The Hall–Kier alpha value is -4.52. The number of fused-ring (bicyclic) bond motifs is 1. The summed E-state index contributed by atoms with van der Waals surface area (Å²) in [5.74, 6) is 0.417. The predicted octanol–water partition coefficient (Wildman–Crippen LogP) is 5.96. The van der Waals surface area contributed by atoms with Gasteiger partial charge >= 0.3 is 0 Å². The number of carbonyl (C=O) groups is 2. The Bertz CT molecular complexity index is 1470. The van der Waals surface area contributed by atoms with Gasteiger partial charge in [0.2, 0.25) is 5.91 Å². The Labute approximate surface area is 209 Å². The van der Waals surface area contributed by atoms with Gasteiger partial charge in [0.15, 0.2) is 0 Å². The number of ether oxygens (including phenoxy) is 2. The van der Waals surface area contributed by atoms with Crippen molar-refractivity contribution < 1.29 is 23.5 Å². The van der Waals surface area contributed by atoms with Gasteiger partial charge in [0.1, 0.15) is 17.1 Å². The standard InChI is InChI=1S/C29H28N2O5/c1-5-35-20-12-10-19(11-13-20)24-16-36-28-18(3)27(34-4)22(15-23(24)28)17(2)14-26(32)31-25-9-7-6-8-21(25)29(30)33/h6-16H,5H2,1-4H3,(H2,30,33)(H,31,32)/b17-14+. The number of hydrogen-bond acceptors (Lipinski definition) is 5. The highest BCUT2D eigenvalue weighted by Crippen LogP contribution is 2.40. The van der Waals surface area contributed by atoms with Gasteiger partial charge in [0, 0.05) is 28.2 Å². The number of methoxy groups -OCH3 is 1. The van der Waals surface area contributed by atoms with Crippen LogP contribution in [0.4, 0.5) is 5.69 Å². The molecule has 1 heterocycles. The van der Waals surface area contributed by atoms with Gasteiger partial charge in [-0.05, 0) is 62.2 Å². The number of aryl methyl sites for hydroxylation is 1. The van der Waals surface area contributed by atoms with Crippen LogP contribution in [-0.2, 0) is 4.79 Å². The lowest BCUT2D eigenvalue weighted by Gasteiger charge is -2.14. The molecule has 4 rings (SSSR count). The fourth-order valence-corrected chi connectivity index (χ4v) is 4.24. The number of furan rings is 1. The monoisotopic (exact) mass is 484 g/mol. The topological polar surface area (TPSA) is 104 Å². The molecule has 3 aromatic carbocycles. The summed E-state index contributed by atoms with van der Waals surface area (Å²) in [7, 11) is 1.59. The van der Waals surface area contributed by atoms with Crippen molar-refractivity contribution in [3.63, 3.8) is 0 Å². The highest BCUT2D eigenvalue weighted by atomic mass is 16.5. The van der Waals surface area contributed by atoms with E-state index < -0.39 is 5.91 Å². The zero-order valence-electron chi connectivity index (χ0n) is 20.7. The maximum atomic E-state index is 12.8. The molecule has 7 heteroatoms. The first kappa shape index (κ1) is 24.6. The van der Waals surface area contributed by atoms with Crippen LogP contribution in [0.1, 0.15) is 35.3 Å². The minimum atomic E-state index is -0.615. The first-order valence-corrected chi connectivity index (χ1v) is 11.5. The van der Waals surface area contributed by atoms with E-state index >= 15 is 0 Å². The van der Waals surface area contributed by atoms with Crippen LogP contribution in [0, 0.1) is 6.92 Å². The molecule has 0 atom stereocenters. The quantitative estimate of drug-likeness (QED) is 0.301. The van der Waals surface area contributed by atoms with Crippen molar-refractivity contribution in [1.82, 2.24) is 0 Å². The largest absolute Gasteiger partial charge is 0.496 e. The van der Waals surface area contributed by atoms with Crippen molar-refractivity contribution in [2.45, 2.75) is 20.8 Å². The van der Waals surface area contributed by atoms with Gasteiger partial charge in [-0.1, -0.05) is 24.3 Å². The number of primary amides is 1. The molecule has 36 heavy (non-hydrogen) atoms. The van der Waals surface area contributed by atoms with Crippen molar-refractivity contribution in [2.75, 3.05) is 19.0 Å². The molecule has 1 aromatic heterocycles. The van der Waals surface area contributed by atoms with Crippen LogP contribution < -0.4 is 20.5 Å². The normalized spacial score (nSPS) is 11.4. The fraction of sp³-hybridized carbons (Fsp3) is 0.172. The van der Waals surface area contributed by atoms with Crippen molar-refractivity contribution >= 4 is 34.0 Å². The van der Waals surface area contributed by atoms with Crippen LogP contribution in [0.5, 0.6) is 11.5 Å². The highest BCUT2D eigenvalue weighted by molar-refractivity contribution is 6.09. The number of benzene rings is 3. The highest BCUT2D eigenvalue weighted by Gasteiger charge is 2.19. The molecular formula is C29H28N2O5. The minimum Gasteiger partial charge on any atom is -0.496 e. The number of anilines is 1. The lowest BCUT2D eigenvalue weighted by molar-refractivity contribution is -0.111. The Kier molecular flexibility index (Phi) is 7.10. The lowest BCUT2D eigenvalue weighted by Crippen LogP contribution is -2.17. The van der Waals surface area contributed by atoms with Crippen molar-refractivity contribution in [3.8, 4) is 22.6 Å². The lowest BCUT2D eigenvalue weighted by atomic mass is 9.96. The second-order valence-electron chi connectivity index (χ2n) is 8.29. The zero-order chi connectivity index (χ0) is 25.8. The van der Waals surface area contributed by atoms with Gasteiger partial charge < -0.3 is 24.9 Å². The van der Waals surface area contributed by atoms with Crippen LogP contribution in [0.2, 0.25) is 0 Å². The number of allylic oxidation sites excluding steroid dienone is 1. The second kappa shape index (κ2) is 10.4. The maximum absolute atomic E-state index is 12.8. The van der Waals surface area contributed by atoms with Gasteiger partial charge in [0.25, 0.3) is 5.91 Å². The van der Waals surface area contributed by atoms with Crippen LogP contribution >= 0.6 is 0 Å². The summed E-state index contributed by atoms with van der Waals surface area (Å²) in [5.41, 5.74) is 10.9. The average Bonchev–Trinajstić information content (AvgIpc) is 3.29. The van der Waals surface area contributed by atoms with Crippen molar-refractivity contribution in [1.29, 1.82) is 0 Å². The Morgan fingerprint density at radius 1 is 1.08 bits per heavy atom. The molecule has 0 aliphatic heterocycles. The first-order valence-electron chi connectivity index (χ1n) is 11.5. The average molecular weight is 485 g/mol. The number of hydrogen-bond donors (Lipinski definition) is 2. The number of rotatable bonds is 8. The Morgan fingerprint density at radius 3 is 2.47 bits per heavy atom. The SMILES string of the molecule is CCOc1ccc(-c2coc3c(C)c(OC)c(/C(C)=C/C(=O)Nc4ccccc4C(N)=O)cc23)cc1. The molecule has 3 N–H and O–H groups in total. The van der Waals surface area contributed by atoms with E-state index in [0.29, 0.717) is 29.2 Å². The third kappa shape index (κ3) is 4.81. The molecule has 0 aliphatic carbocycles. The first-order chi connectivity index (χ1) is 17.3. The molecule has 0 saturated heterocycles.